The van der Waals surface area contributed by atoms with Crippen LogP contribution >= 0.6 is 23.2 Å². The minimum Gasteiger partial charge on any atom is -0.317 e. The summed E-state index contributed by atoms with van der Waals surface area (Å²) in [6, 6.07) is 4.89. The summed E-state index contributed by atoms with van der Waals surface area (Å²) < 4.78 is 26.7. The van der Waals surface area contributed by atoms with Gasteiger partial charge in [0.05, 0.1) is 21.5 Å². The molecule has 0 spiro atoms. The topological polar surface area (TPSA) is 58.2 Å². The molecule has 1 aliphatic heterocycles. The fourth-order valence-electron chi connectivity index (χ4n) is 2.15. The predicted octanol–water partition coefficient (Wildman–Crippen LogP) is 2.73. The second-order valence-corrected chi connectivity index (χ2v) is 7.23. The molecule has 1 aromatic carbocycles. The van der Waals surface area contributed by atoms with Crippen molar-refractivity contribution in [2.24, 2.45) is 5.92 Å². The van der Waals surface area contributed by atoms with Gasteiger partial charge >= 0.3 is 0 Å². The van der Waals surface area contributed by atoms with Gasteiger partial charge in [0, 0.05) is 0 Å². The van der Waals surface area contributed by atoms with Gasteiger partial charge in [-0.15, -0.1) is 0 Å². The molecule has 0 atom stereocenters. The number of rotatable bonds is 4. The first-order valence-corrected chi connectivity index (χ1v) is 8.54. The molecule has 0 aliphatic carbocycles. The molecule has 0 bridgehead atoms. The molecular formula is C12H16Cl2N2O2S. The molecule has 0 radical (unpaired) electrons. The normalized spacial score (nSPS) is 17.4. The van der Waals surface area contributed by atoms with Crippen LogP contribution in [0.25, 0.3) is 0 Å². The van der Waals surface area contributed by atoms with E-state index in [9.17, 15) is 8.42 Å². The molecule has 0 aromatic heterocycles. The summed E-state index contributed by atoms with van der Waals surface area (Å²) in [5.74, 6) is 0.314. The monoisotopic (exact) mass is 322 g/mol. The lowest BCUT2D eigenvalue weighted by molar-refractivity contribution is 0.402. The lowest BCUT2D eigenvalue weighted by atomic mass is 10.0. The van der Waals surface area contributed by atoms with E-state index < -0.39 is 10.0 Å². The Morgan fingerprint density at radius 3 is 2.63 bits per heavy atom. The highest BCUT2D eigenvalue weighted by molar-refractivity contribution is 7.92. The van der Waals surface area contributed by atoms with Crippen LogP contribution in [0, 0.1) is 5.92 Å². The van der Waals surface area contributed by atoms with E-state index in [1.54, 1.807) is 18.2 Å². The van der Waals surface area contributed by atoms with Gasteiger partial charge in [-0.05, 0) is 44.0 Å². The number of piperidine rings is 1. The maximum atomic E-state index is 12.1. The minimum atomic E-state index is -3.39. The summed E-state index contributed by atoms with van der Waals surface area (Å²) in [5, 5.41) is 3.78. The summed E-state index contributed by atoms with van der Waals surface area (Å²) in [7, 11) is -3.39. The van der Waals surface area contributed by atoms with Crippen molar-refractivity contribution in [1.29, 1.82) is 0 Å². The molecule has 4 nitrogen and oxygen atoms in total. The Kier molecular flexibility index (Phi) is 4.95. The van der Waals surface area contributed by atoms with E-state index in [4.69, 9.17) is 23.2 Å². The average Bonchev–Trinajstić information content (AvgIpc) is 2.35. The lowest BCUT2D eigenvalue weighted by Crippen LogP contribution is -2.33. The Morgan fingerprint density at radius 1 is 1.26 bits per heavy atom. The zero-order chi connectivity index (χ0) is 13.9. The van der Waals surface area contributed by atoms with Gasteiger partial charge in [0.25, 0.3) is 0 Å². The van der Waals surface area contributed by atoms with Crippen LogP contribution in [0.15, 0.2) is 18.2 Å². The maximum Gasteiger partial charge on any atom is 0.233 e. The van der Waals surface area contributed by atoms with Crippen molar-refractivity contribution in [3.05, 3.63) is 28.2 Å². The van der Waals surface area contributed by atoms with Crippen LogP contribution in [0.3, 0.4) is 0 Å². The van der Waals surface area contributed by atoms with E-state index in [2.05, 4.69) is 10.0 Å². The van der Waals surface area contributed by atoms with Gasteiger partial charge in [0.2, 0.25) is 10.0 Å². The number of sulfonamides is 1. The minimum absolute atomic E-state index is 0.123. The van der Waals surface area contributed by atoms with Gasteiger partial charge in [-0.3, -0.25) is 4.72 Å². The highest BCUT2D eigenvalue weighted by Crippen LogP contribution is 2.30. The molecule has 1 aliphatic rings. The Hall–Kier alpha value is -0.490. The van der Waals surface area contributed by atoms with Gasteiger partial charge in [0.1, 0.15) is 0 Å². The molecule has 106 valence electrons. The standard InChI is InChI=1S/C12H16Cl2N2O2S/c13-10-2-1-3-11(12(10)14)16-19(17,18)8-9-4-6-15-7-5-9/h1-3,9,15-16H,4-8H2. The quantitative estimate of drug-likeness (QED) is 0.896. The van der Waals surface area contributed by atoms with Crippen molar-refractivity contribution < 1.29 is 8.42 Å². The van der Waals surface area contributed by atoms with E-state index in [0.29, 0.717) is 10.7 Å². The third-order valence-electron chi connectivity index (χ3n) is 3.13. The molecule has 2 rings (SSSR count). The van der Waals surface area contributed by atoms with E-state index in [1.165, 1.54) is 0 Å². The molecule has 19 heavy (non-hydrogen) atoms. The van der Waals surface area contributed by atoms with Crippen LogP contribution in [0.4, 0.5) is 5.69 Å². The molecule has 1 saturated heterocycles. The summed E-state index contributed by atoms with van der Waals surface area (Å²) >= 11 is 11.8. The number of nitrogens with one attached hydrogen (secondary N) is 2. The first-order chi connectivity index (χ1) is 8.98. The molecule has 1 aromatic rings. The highest BCUT2D eigenvalue weighted by atomic mass is 35.5. The van der Waals surface area contributed by atoms with Crippen molar-refractivity contribution >= 4 is 38.9 Å². The molecule has 0 saturated carbocycles. The van der Waals surface area contributed by atoms with Crippen LogP contribution < -0.4 is 10.0 Å². The first kappa shape index (κ1) is 14.9. The van der Waals surface area contributed by atoms with Crippen molar-refractivity contribution in [3.63, 3.8) is 0 Å². The second-order valence-electron chi connectivity index (χ2n) is 4.68. The van der Waals surface area contributed by atoms with Gasteiger partial charge < -0.3 is 5.32 Å². The Morgan fingerprint density at radius 2 is 1.95 bits per heavy atom. The molecule has 1 fully saturated rings. The molecular weight excluding hydrogens is 307 g/mol. The highest BCUT2D eigenvalue weighted by Gasteiger charge is 2.22. The van der Waals surface area contributed by atoms with E-state index in [0.717, 1.165) is 25.9 Å². The van der Waals surface area contributed by atoms with Crippen LogP contribution in [-0.4, -0.2) is 27.3 Å². The van der Waals surface area contributed by atoms with Gasteiger partial charge in [-0.1, -0.05) is 29.3 Å². The number of hydrogen-bond donors (Lipinski definition) is 2. The zero-order valence-electron chi connectivity index (χ0n) is 10.3. The smallest absolute Gasteiger partial charge is 0.233 e. The summed E-state index contributed by atoms with van der Waals surface area (Å²) in [6.07, 6.45) is 1.76. The molecule has 2 N–H and O–H groups in total. The molecule has 0 unspecified atom stereocenters. The van der Waals surface area contributed by atoms with Crippen molar-refractivity contribution in [3.8, 4) is 0 Å². The van der Waals surface area contributed by atoms with E-state index in [1.807, 2.05) is 0 Å². The maximum absolute atomic E-state index is 12.1. The third kappa shape index (κ3) is 4.24. The summed E-state index contributed by atoms with van der Waals surface area (Å²) in [4.78, 5) is 0. The van der Waals surface area contributed by atoms with Gasteiger partial charge in [-0.25, -0.2) is 8.42 Å². The van der Waals surface area contributed by atoms with Crippen LogP contribution in [0.1, 0.15) is 12.8 Å². The first-order valence-electron chi connectivity index (χ1n) is 6.13. The van der Waals surface area contributed by atoms with Crippen molar-refractivity contribution in [2.45, 2.75) is 12.8 Å². The number of anilines is 1. The van der Waals surface area contributed by atoms with Crippen molar-refractivity contribution in [2.75, 3.05) is 23.6 Å². The largest absolute Gasteiger partial charge is 0.317 e. The fourth-order valence-corrected chi connectivity index (χ4v) is 4.10. The molecule has 1 heterocycles. The second kappa shape index (κ2) is 6.31. The molecule has 7 heteroatoms. The number of halogens is 2. The van der Waals surface area contributed by atoms with E-state index >= 15 is 0 Å². The average molecular weight is 323 g/mol. The number of hydrogen-bond acceptors (Lipinski definition) is 3. The van der Waals surface area contributed by atoms with Crippen LogP contribution in [-0.2, 0) is 10.0 Å². The predicted molar refractivity (Wildman–Crippen MR) is 79.5 cm³/mol. The molecule has 0 amide bonds. The Labute approximate surface area is 123 Å². The SMILES string of the molecule is O=S(=O)(CC1CCNCC1)Nc1cccc(Cl)c1Cl. The van der Waals surface area contributed by atoms with Crippen LogP contribution in [0.2, 0.25) is 10.0 Å². The van der Waals surface area contributed by atoms with Crippen molar-refractivity contribution in [1.82, 2.24) is 5.32 Å². The third-order valence-corrected chi connectivity index (χ3v) is 5.39. The zero-order valence-corrected chi connectivity index (χ0v) is 12.7. The Balaban J connectivity index is 2.06. The van der Waals surface area contributed by atoms with E-state index in [-0.39, 0.29) is 16.7 Å². The van der Waals surface area contributed by atoms with Gasteiger partial charge in [0.15, 0.2) is 0 Å². The number of benzene rings is 1. The van der Waals surface area contributed by atoms with Gasteiger partial charge in [-0.2, -0.15) is 0 Å². The summed E-state index contributed by atoms with van der Waals surface area (Å²) in [6.45, 7) is 1.75. The Bertz CT molecular complexity index is 543. The lowest BCUT2D eigenvalue weighted by Gasteiger charge is -2.22. The van der Waals surface area contributed by atoms with Crippen LogP contribution in [0.5, 0.6) is 0 Å². The fraction of sp³-hybridized carbons (Fsp3) is 0.500. The summed E-state index contributed by atoms with van der Waals surface area (Å²) in [5.41, 5.74) is 0.336.